The van der Waals surface area contributed by atoms with Gasteiger partial charge in [-0.05, 0) is 93.6 Å². The second kappa shape index (κ2) is 13.7. The first-order chi connectivity index (χ1) is 27.7. The molecular formula is C53H37N3. The summed E-state index contributed by atoms with van der Waals surface area (Å²) in [4.78, 5) is 5.26. The lowest BCUT2D eigenvalue weighted by atomic mass is 10.0. The molecule has 0 saturated carbocycles. The van der Waals surface area contributed by atoms with Crippen molar-refractivity contribution in [2.24, 2.45) is 0 Å². The summed E-state index contributed by atoms with van der Waals surface area (Å²) in [6.45, 7) is 8.04. The topological polar surface area (TPSA) is 22.8 Å². The monoisotopic (exact) mass is 715 g/mol. The van der Waals surface area contributed by atoms with E-state index in [0.717, 1.165) is 56.1 Å². The summed E-state index contributed by atoms with van der Waals surface area (Å²) in [6, 6.07) is 65.3. The van der Waals surface area contributed by atoms with Crippen LogP contribution in [0.1, 0.15) is 5.69 Å². The van der Waals surface area contributed by atoms with Crippen molar-refractivity contribution >= 4 is 49.2 Å². The molecule has 3 nitrogen and oxygen atoms in total. The summed E-state index contributed by atoms with van der Waals surface area (Å²) in [6.07, 6.45) is 5.59. The Labute approximate surface area is 326 Å². The molecule has 0 aliphatic carbocycles. The quantitative estimate of drug-likeness (QED) is 0.144. The van der Waals surface area contributed by atoms with Crippen molar-refractivity contribution in [3.05, 3.63) is 219 Å². The Bertz CT molecular complexity index is 3140. The Kier molecular flexibility index (Phi) is 8.12. The average Bonchev–Trinajstić information content (AvgIpc) is 3.78. The number of hydrogen-bond donors (Lipinski definition) is 0. The molecule has 0 fully saturated rings. The molecule has 264 valence electrons. The van der Waals surface area contributed by atoms with Gasteiger partial charge in [0.1, 0.15) is 5.82 Å². The average molecular weight is 716 g/mol. The van der Waals surface area contributed by atoms with Crippen LogP contribution in [0.2, 0.25) is 0 Å². The van der Waals surface area contributed by atoms with Gasteiger partial charge in [-0.15, -0.1) is 0 Å². The molecule has 3 aromatic heterocycles. The number of fused-ring (bicyclic) bond motifs is 6. The minimum absolute atomic E-state index is 0.845. The van der Waals surface area contributed by atoms with Gasteiger partial charge in [0.15, 0.2) is 0 Å². The van der Waals surface area contributed by atoms with Crippen LogP contribution in [0, 0.1) is 0 Å². The van der Waals surface area contributed by atoms with E-state index >= 15 is 0 Å². The van der Waals surface area contributed by atoms with E-state index in [0.29, 0.717) is 0 Å². The molecule has 0 radical (unpaired) electrons. The van der Waals surface area contributed by atoms with Crippen molar-refractivity contribution < 1.29 is 0 Å². The SMILES string of the molecule is C=C/C=C(\C=C)c1cc(-c2ccccc2)cc(-n2c3ccccc3c3cc(-c4ccc5c6ccccc6n(-c6ccc(-c7ccccc7)cc6)c5c4)ccc32)n1. The van der Waals surface area contributed by atoms with E-state index in [9.17, 15) is 0 Å². The first-order valence-electron chi connectivity index (χ1n) is 18.9. The van der Waals surface area contributed by atoms with Gasteiger partial charge < -0.3 is 4.57 Å². The van der Waals surface area contributed by atoms with Crippen LogP contribution >= 0.6 is 0 Å². The molecular weight excluding hydrogens is 679 g/mol. The highest BCUT2D eigenvalue weighted by molar-refractivity contribution is 6.12. The van der Waals surface area contributed by atoms with Crippen molar-refractivity contribution in [3.8, 4) is 44.9 Å². The highest BCUT2D eigenvalue weighted by Crippen LogP contribution is 2.39. The molecule has 0 bridgehead atoms. The van der Waals surface area contributed by atoms with Gasteiger partial charge >= 0.3 is 0 Å². The molecule has 10 aromatic rings. The standard InChI is InChI=1S/C53H37N3/c1-3-15-36(4-2)48-33-42(38-18-9-6-10-19-38)35-53(54-48)56-50-23-14-12-21-45(50)47-32-40(27-31-51(47)56)41-26-30-46-44-20-11-13-22-49(44)55(52(46)34-41)43-28-24-39(25-29-43)37-16-7-5-8-17-37/h3-35H,1-2H2/b36-15+. The predicted octanol–water partition coefficient (Wildman–Crippen LogP) is 14.0. The second-order valence-electron chi connectivity index (χ2n) is 14.1. The first kappa shape index (κ1) is 33.1. The number of rotatable bonds is 8. The number of para-hydroxylation sites is 2. The summed E-state index contributed by atoms with van der Waals surface area (Å²) >= 11 is 0. The molecule has 0 amide bonds. The van der Waals surface area contributed by atoms with Gasteiger partial charge in [0.2, 0.25) is 0 Å². The van der Waals surface area contributed by atoms with Crippen molar-refractivity contribution in [2.45, 2.75) is 0 Å². The molecule has 0 N–H and O–H groups in total. The molecule has 10 rings (SSSR count). The molecule has 0 unspecified atom stereocenters. The lowest BCUT2D eigenvalue weighted by Gasteiger charge is -2.13. The summed E-state index contributed by atoms with van der Waals surface area (Å²) in [5, 5.41) is 4.83. The van der Waals surface area contributed by atoms with Crippen LogP contribution in [0.3, 0.4) is 0 Å². The van der Waals surface area contributed by atoms with E-state index in [1.54, 1.807) is 6.08 Å². The third-order valence-corrected chi connectivity index (χ3v) is 10.9. The summed E-state index contributed by atoms with van der Waals surface area (Å²) in [7, 11) is 0. The molecule has 0 saturated heterocycles. The minimum Gasteiger partial charge on any atom is -0.309 e. The van der Waals surface area contributed by atoms with E-state index in [-0.39, 0.29) is 0 Å². The van der Waals surface area contributed by atoms with Crippen molar-refractivity contribution in [2.75, 3.05) is 0 Å². The van der Waals surface area contributed by atoms with Crippen molar-refractivity contribution in [3.63, 3.8) is 0 Å². The van der Waals surface area contributed by atoms with Gasteiger partial charge in [0.25, 0.3) is 0 Å². The third kappa shape index (κ3) is 5.57. The molecule has 0 aliphatic heterocycles. The minimum atomic E-state index is 0.845. The van der Waals surface area contributed by atoms with Crippen molar-refractivity contribution in [1.29, 1.82) is 0 Å². The molecule has 0 aliphatic rings. The molecule has 56 heavy (non-hydrogen) atoms. The van der Waals surface area contributed by atoms with Gasteiger partial charge in [0, 0.05) is 27.2 Å². The van der Waals surface area contributed by atoms with E-state index in [1.807, 2.05) is 18.2 Å². The van der Waals surface area contributed by atoms with Crippen LogP contribution < -0.4 is 0 Å². The van der Waals surface area contributed by atoms with Crippen LogP contribution in [-0.2, 0) is 0 Å². The van der Waals surface area contributed by atoms with E-state index in [1.165, 1.54) is 43.7 Å². The van der Waals surface area contributed by atoms with Crippen LogP contribution in [0.5, 0.6) is 0 Å². The lowest BCUT2D eigenvalue weighted by molar-refractivity contribution is 1.07. The number of allylic oxidation sites excluding steroid dienone is 4. The zero-order chi connectivity index (χ0) is 37.6. The number of aromatic nitrogens is 3. The van der Waals surface area contributed by atoms with Crippen LogP contribution in [-0.4, -0.2) is 14.1 Å². The zero-order valence-electron chi connectivity index (χ0n) is 30.8. The van der Waals surface area contributed by atoms with Gasteiger partial charge in [-0.2, -0.15) is 0 Å². The Morgan fingerprint density at radius 3 is 1.64 bits per heavy atom. The molecule has 3 heteroatoms. The van der Waals surface area contributed by atoms with Crippen molar-refractivity contribution in [1.82, 2.24) is 14.1 Å². The molecule has 0 atom stereocenters. The fraction of sp³-hybridized carbons (Fsp3) is 0. The maximum absolute atomic E-state index is 5.26. The fourth-order valence-corrected chi connectivity index (χ4v) is 8.22. The highest BCUT2D eigenvalue weighted by atomic mass is 15.1. The fourth-order valence-electron chi connectivity index (χ4n) is 8.22. The first-order valence-corrected chi connectivity index (χ1v) is 18.9. The van der Waals surface area contributed by atoms with Gasteiger partial charge in [-0.25, -0.2) is 4.98 Å². The van der Waals surface area contributed by atoms with Gasteiger partial charge in [0.05, 0.1) is 27.8 Å². The third-order valence-electron chi connectivity index (χ3n) is 10.9. The van der Waals surface area contributed by atoms with Crippen LogP contribution in [0.15, 0.2) is 213 Å². The predicted molar refractivity (Wildman–Crippen MR) is 238 cm³/mol. The Morgan fingerprint density at radius 2 is 0.946 bits per heavy atom. The normalized spacial score (nSPS) is 11.8. The maximum Gasteiger partial charge on any atom is 0.138 e. The molecule has 7 aromatic carbocycles. The Morgan fingerprint density at radius 1 is 0.411 bits per heavy atom. The highest BCUT2D eigenvalue weighted by Gasteiger charge is 2.18. The number of nitrogens with zero attached hydrogens (tertiary/aromatic N) is 3. The van der Waals surface area contributed by atoms with Gasteiger partial charge in [-0.3, -0.25) is 4.57 Å². The van der Waals surface area contributed by atoms with Gasteiger partial charge in [-0.1, -0.05) is 159 Å². The smallest absolute Gasteiger partial charge is 0.138 e. The summed E-state index contributed by atoms with van der Waals surface area (Å²) in [5.41, 5.74) is 14.4. The Hall–Kier alpha value is -7.49. The van der Waals surface area contributed by atoms with E-state index < -0.39 is 0 Å². The maximum atomic E-state index is 5.26. The van der Waals surface area contributed by atoms with Crippen LogP contribution in [0.25, 0.3) is 94.1 Å². The zero-order valence-corrected chi connectivity index (χ0v) is 30.8. The van der Waals surface area contributed by atoms with Crippen LogP contribution in [0.4, 0.5) is 0 Å². The van der Waals surface area contributed by atoms with E-state index in [2.05, 4.69) is 198 Å². The lowest BCUT2D eigenvalue weighted by Crippen LogP contribution is -2.01. The summed E-state index contributed by atoms with van der Waals surface area (Å²) in [5.74, 6) is 0.848. The number of hydrogen-bond acceptors (Lipinski definition) is 1. The number of benzene rings is 7. The summed E-state index contributed by atoms with van der Waals surface area (Å²) < 4.78 is 4.69. The largest absolute Gasteiger partial charge is 0.309 e. The van der Waals surface area contributed by atoms with E-state index in [4.69, 9.17) is 4.98 Å². The molecule has 3 heterocycles. The second-order valence-corrected chi connectivity index (χ2v) is 14.1. The Balaban J connectivity index is 1.14. The number of pyridine rings is 1. The molecule has 0 spiro atoms.